The Labute approximate surface area is 72.9 Å². The third-order valence-electron chi connectivity index (χ3n) is 2.56. The van der Waals surface area contributed by atoms with E-state index in [1.807, 2.05) is 4.90 Å². The number of hydrogen-bond acceptors (Lipinski definition) is 2. The lowest BCUT2D eigenvalue weighted by molar-refractivity contribution is 0.0476. The summed E-state index contributed by atoms with van der Waals surface area (Å²) in [5.41, 5.74) is 5.36. The van der Waals surface area contributed by atoms with Crippen molar-refractivity contribution in [2.75, 3.05) is 13.1 Å². The van der Waals surface area contributed by atoms with E-state index in [4.69, 9.17) is 11.1 Å². The van der Waals surface area contributed by atoms with E-state index in [0.29, 0.717) is 6.54 Å². The van der Waals surface area contributed by atoms with Gasteiger partial charge in [0.15, 0.2) is 5.96 Å². The first-order valence-corrected chi connectivity index (χ1v) is 4.42. The molecule has 0 aliphatic carbocycles. The van der Waals surface area contributed by atoms with E-state index < -0.39 is 0 Å². The first-order chi connectivity index (χ1) is 5.65. The summed E-state index contributed by atoms with van der Waals surface area (Å²) in [5.74, 6) is 0.406. The summed E-state index contributed by atoms with van der Waals surface area (Å²) in [6.45, 7) is 3.50. The molecule has 1 rings (SSSR count). The Hall–Kier alpha value is -0.770. The monoisotopic (exact) mass is 171 g/mol. The van der Waals surface area contributed by atoms with Crippen molar-refractivity contribution in [1.82, 2.24) is 4.90 Å². The second-order valence-electron chi connectivity index (χ2n) is 3.36. The van der Waals surface area contributed by atoms with Crippen LogP contribution in [0.3, 0.4) is 0 Å². The Balaban J connectivity index is 2.49. The Morgan fingerprint density at radius 1 is 1.75 bits per heavy atom. The molecule has 4 heteroatoms. The average Bonchev–Trinajstić information content (AvgIpc) is 2.05. The van der Waals surface area contributed by atoms with Gasteiger partial charge in [-0.15, -0.1) is 0 Å². The second-order valence-corrected chi connectivity index (χ2v) is 3.36. The molecule has 0 saturated carbocycles. The molecule has 0 aromatic carbocycles. The van der Waals surface area contributed by atoms with Crippen molar-refractivity contribution in [3.8, 4) is 0 Å². The summed E-state index contributed by atoms with van der Waals surface area (Å²) in [7, 11) is 0. The van der Waals surface area contributed by atoms with Crippen molar-refractivity contribution in [1.29, 1.82) is 5.41 Å². The molecule has 1 saturated heterocycles. The van der Waals surface area contributed by atoms with Crippen LogP contribution in [0.2, 0.25) is 0 Å². The van der Waals surface area contributed by atoms with Gasteiger partial charge in [-0.25, -0.2) is 0 Å². The molecule has 0 unspecified atom stereocenters. The third-order valence-corrected chi connectivity index (χ3v) is 2.56. The fraction of sp³-hybridized carbons (Fsp3) is 0.875. The molecule has 0 amide bonds. The van der Waals surface area contributed by atoms with Gasteiger partial charge >= 0.3 is 0 Å². The summed E-state index contributed by atoms with van der Waals surface area (Å²) < 4.78 is 0. The standard InChI is InChI=1S/C8H17N3O/c1-2-6-5-11(8(9)10)4-3-7(6)12/h6-7,12H,2-5H2,1H3,(H3,9,10)/t6-,7-/m0/s1. The van der Waals surface area contributed by atoms with Crippen LogP contribution in [-0.2, 0) is 0 Å². The molecule has 0 spiro atoms. The van der Waals surface area contributed by atoms with E-state index in [1.165, 1.54) is 0 Å². The Bertz CT molecular complexity index is 172. The third kappa shape index (κ3) is 1.88. The molecule has 2 atom stereocenters. The maximum atomic E-state index is 9.53. The van der Waals surface area contributed by atoms with E-state index in [0.717, 1.165) is 19.4 Å². The fourth-order valence-corrected chi connectivity index (χ4v) is 1.64. The highest BCUT2D eigenvalue weighted by molar-refractivity contribution is 5.74. The van der Waals surface area contributed by atoms with Crippen LogP contribution in [0.15, 0.2) is 0 Å². The highest BCUT2D eigenvalue weighted by Crippen LogP contribution is 2.19. The van der Waals surface area contributed by atoms with Gasteiger partial charge in [0.05, 0.1) is 6.10 Å². The predicted octanol–water partition coefficient (Wildman–Crippen LogP) is -0.0273. The van der Waals surface area contributed by atoms with E-state index >= 15 is 0 Å². The van der Waals surface area contributed by atoms with E-state index in [2.05, 4.69) is 6.92 Å². The number of nitrogens with one attached hydrogen (secondary N) is 1. The largest absolute Gasteiger partial charge is 0.393 e. The predicted molar refractivity (Wildman–Crippen MR) is 47.9 cm³/mol. The van der Waals surface area contributed by atoms with Gasteiger partial charge in [-0.2, -0.15) is 0 Å². The second kappa shape index (κ2) is 3.76. The minimum atomic E-state index is -0.203. The molecule has 0 aromatic heterocycles. The molecule has 12 heavy (non-hydrogen) atoms. The number of hydrogen-bond donors (Lipinski definition) is 3. The fourth-order valence-electron chi connectivity index (χ4n) is 1.64. The van der Waals surface area contributed by atoms with Crippen LogP contribution in [0.4, 0.5) is 0 Å². The van der Waals surface area contributed by atoms with Gasteiger partial charge in [-0.1, -0.05) is 6.92 Å². The van der Waals surface area contributed by atoms with Crippen molar-refractivity contribution in [3.63, 3.8) is 0 Å². The van der Waals surface area contributed by atoms with E-state index in [9.17, 15) is 5.11 Å². The molecule has 1 fully saturated rings. The van der Waals surface area contributed by atoms with Crippen LogP contribution < -0.4 is 5.73 Å². The molecule has 1 aliphatic heterocycles. The minimum Gasteiger partial charge on any atom is -0.393 e. The smallest absolute Gasteiger partial charge is 0.188 e. The zero-order chi connectivity index (χ0) is 9.14. The van der Waals surface area contributed by atoms with Gasteiger partial charge < -0.3 is 15.7 Å². The van der Waals surface area contributed by atoms with Crippen LogP contribution in [0.1, 0.15) is 19.8 Å². The number of nitrogens with two attached hydrogens (primary N) is 1. The number of piperidine rings is 1. The molecule has 1 aliphatic rings. The Kier molecular flexibility index (Phi) is 2.92. The number of likely N-dealkylation sites (tertiary alicyclic amines) is 1. The SMILES string of the molecule is CC[C@H]1CN(C(=N)N)CC[C@@H]1O. The van der Waals surface area contributed by atoms with Gasteiger partial charge in [0.25, 0.3) is 0 Å². The summed E-state index contributed by atoms with van der Waals surface area (Å²) >= 11 is 0. The van der Waals surface area contributed by atoms with Crippen molar-refractivity contribution < 1.29 is 5.11 Å². The summed E-state index contributed by atoms with van der Waals surface area (Å²) in [4.78, 5) is 1.82. The summed E-state index contributed by atoms with van der Waals surface area (Å²) in [5, 5.41) is 16.8. The van der Waals surface area contributed by atoms with Gasteiger partial charge in [-0.05, 0) is 12.8 Å². The zero-order valence-corrected chi connectivity index (χ0v) is 7.45. The number of aliphatic hydroxyl groups excluding tert-OH is 1. The lowest BCUT2D eigenvalue weighted by Crippen LogP contribution is -2.48. The number of nitrogens with zero attached hydrogens (tertiary/aromatic N) is 1. The van der Waals surface area contributed by atoms with E-state index in [1.54, 1.807) is 0 Å². The number of guanidine groups is 1. The maximum absolute atomic E-state index is 9.53. The molecule has 0 bridgehead atoms. The average molecular weight is 171 g/mol. The van der Waals surface area contributed by atoms with Gasteiger partial charge in [0.1, 0.15) is 0 Å². The molecule has 0 aromatic rings. The summed E-state index contributed by atoms with van der Waals surface area (Å²) in [6.07, 6.45) is 1.48. The Morgan fingerprint density at radius 3 is 2.92 bits per heavy atom. The van der Waals surface area contributed by atoms with Crippen molar-refractivity contribution in [2.24, 2.45) is 11.7 Å². The van der Waals surface area contributed by atoms with Crippen molar-refractivity contribution in [2.45, 2.75) is 25.9 Å². The number of aliphatic hydroxyl groups is 1. The van der Waals surface area contributed by atoms with Crippen molar-refractivity contribution in [3.05, 3.63) is 0 Å². The minimum absolute atomic E-state index is 0.125. The van der Waals surface area contributed by atoms with Crippen LogP contribution in [0.5, 0.6) is 0 Å². The zero-order valence-electron chi connectivity index (χ0n) is 7.45. The molecule has 4 N–H and O–H groups in total. The normalized spacial score (nSPS) is 30.3. The highest BCUT2D eigenvalue weighted by atomic mass is 16.3. The van der Waals surface area contributed by atoms with Crippen LogP contribution in [-0.4, -0.2) is 35.2 Å². The molecule has 1 heterocycles. The first kappa shape index (κ1) is 9.32. The topological polar surface area (TPSA) is 73.3 Å². The Morgan fingerprint density at radius 2 is 2.42 bits per heavy atom. The lowest BCUT2D eigenvalue weighted by atomic mass is 9.93. The molecule has 70 valence electrons. The van der Waals surface area contributed by atoms with Crippen LogP contribution >= 0.6 is 0 Å². The highest BCUT2D eigenvalue weighted by Gasteiger charge is 2.26. The first-order valence-electron chi connectivity index (χ1n) is 4.42. The molecular formula is C8H17N3O. The summed E-state index contributed by atoms with van der Waals surface area (Å²) in [6, 6.07) is 0. The van der Waals surface area contributed by atoms with E-state index in [-0.39, 0.29) is 18.0 Å². The van der Waals surface area contributed by atoms with Crippen LogP contribution in [0, 0.1) is 11.3 Å². The number of rotatable bonds is 1. The lowest BCUT2D eigenvalue weighted by Gasteiger charge is -2.35. The maximum Gasteiger partial charge on any atom is 0.188 e. The van der Waals surface area contributed by atoms with Gasteiger partial charge in [-0.3, -0.25) is 5.41 Å². The van der Waals surface area contributed by atoms with Gasteiger partial charge in [0, 0.05) is 19.0 Å². The molecule has 4 nitrogen and oxygen atoms in total. The van der Waals surface area contributed by atoms with Crippen LogP contribution in [0.25, 0.3) is 0 Å². The van der Waals surface area contributed by atoms with Crippen molar-refractivity contribution >= 4 is 5.96 Å². The quantitative estimate of drug-likeness (QED) is 0.383. The molecule has 0 radical (unpaired) electrons. The van der Waals surface area contributed by atoms with Gasteiger partial charge in [0.2, 0.25) is 0 Å². The molecular weight excluding hydrogens is 154 g/mol.